The highest BCUT2D eigenvalue weighted by Crippen LogP contribution is 2.41. The Kier molecular flexibility index (Phi) is 4.74. The molecule has 3 rings (SSSR count). The smallest absolute Gasteiger partial charge is 0.123 e. The summed E-state index contributed by atoms with van der Waals surface area (Å²) in [7, 11) is 2.15. The van der Waals surface area contributed by atoms with Crippen molar-refractivity contribution in [3.8, 4) is 0 Å². The predicted octanol–water partition coefficient (Wildman–Crippen LogP) is 2.76. The van der Waals surface area contributed by atoms with Gasteiger partial charge in [0.05, 0.1) is 6.61 Å². The third-order valence-electron chi connectivity index (χ3n) is 5.50. The number of benzene rings is 1. The van der Waals surface area contributed by atoms with Crippen molar-refractivity contribution in [2.45, 2.75) is 31.8 Å². The molecule has 2 heterocycles. The van der Waals surface area contributed by atoms with Gasteiger partial charge in [-0.05, 0) is 63.2 Å². The van der Waals surface area contributed by atoms with E-state index in [0.29, 0.717) is 17.6 Å². The van der Waals surface area contributed by atoms with Gasteiger partial charge in [-0.3, -0.25) is 4.90 Å². The molecule has 5 heteroatoms. The van der Waals surface area contributed by atoms with Gasteiger partial charge in [-0.15, -0.1) is 0 Å². The van der Waals surface area contributed by atoms with E-state index >= 15 is 0 Å². The van der Waals surface area contributed by atoms with Gasteiger partial charge in [0.15, 0.2) is 0 Å². The summed E-state index contributed by atoms with van der Waals surface area (Å²) in [5.41, 5.74) is 0.881. The lowest BCUT2D eigenvalue weighted by atomic mass is 9.69. The molecule has 0 radical (unpaired) electrons. The summed E-state index contributed by atoms with van der Waals surface area (Å²) in [6.07, 6.45) is 3.25. The van der Waals surface area contributed by atoms with Crippen molar-refractivity contribution in [2.75, 3.05) is 33.3 Å². The number of hydrogen-bond donors (Lipinski definition) is 1. The molecule has 2 atom stereocenters. The summed E-state index contributed by atoms with van der Waals surface area (Å²) >= 11 is 6.19. The van der Waals surface area contributed by atoms with Crippen LogP contribution < -0.4 is 0 Å². The molecule has 0 spiro atoms. The molecule has 2 aliphatic heterocycles. The molecule has 0 aromatic heterocycles. The summed E-state index contributed by atoms with van der Waals surface area (Å²) in [6.45, 7) is 3.85. The second-order valence-electron chi connectivity index (χ2n) is 6.84. The van der Waals surface area contributed by atoms with Crippen molar-refractivity contribution in [3.05, 3.63) is 34.6 Å². The van der Waals surface area contributed by atoms with Gasteiger partial charge < -0.3 is 10.0 Å². The average molecular weight is 327 g/mol. The normalized spacial score (nSPS) is 30.3. The van der Waals surface area contributed by atoms with E-state index in [0.717, 1.165) is 44.5 Å². The average Bonchev–Trinajstić information content (AvgIpc) is 2.52. The van der Waals surface area contributed by atoms with Crippen LogP contribution in [0.2, 0.25) is 5.02 Å². The van der Waals surface area contributed by atoms with Crippen molar-refractivity contribution >= 4 is 11.6 Å². The van der Waals surface area contributed by atoms with Crippen molar-refractivity contribution in [1.82, 2.24) is 9.80 Å². The number of halogens is 2. The summed E-state index contributed by atoms with van der Waals surface area (Å²) in [4.78, 5) is 4.71. The summed E-state index contributed by atoms with van der Waals surface area (Å²) in [6, 6.07) is 4.92. The van der Waals surface area contributed by atoms with E-state index in [1.807, 2.05) is 0 Å². The first-order valence-corrected chi connectivity index (χ1v) is 8.39. The Morgan fingerprint density at radius 1 is 1.36 bits per heavy atom. The standard InChI is InChI=1S/C17H24ClFN2O/c1-20-7-2-5-17(12-22)6-8-21(11-16(17)20)10-13-9-14(19)3-4-15(13)18/h3-4,9,16,22H,2,5-8,10-12H2,1H3/t16-,17-/m1/s1. The molecule has 22 heavy (non-hydrogen) atoms. The van der Waals surface area contributed by atoms with E-state index in [1.165, 1.54) is 12.1 Å². The molecule has 1 N–H and O–H groups in total. The van der Waals surface area contributed by atoms with Crippen LogP contribution >= 0.6 is 11.6 Å². The highest BCUT2D eigenvalue weighted by Gasteiger charge is 2.46. The Labute approximate surface area is 136 Å². The number of fused-ring (bicyclic) bond motifs is 1. The third-order valence-corrected chi connectivity index (χ3v) is 5.87. The fourth-order valence-electron chi connectivity index (χ4n) is 4.12. The van der Waals surface area contributed by atoms with E-state index in [9.17, 15) is 9.50 Å². The number of rotatable bonds is 3. The number of piperidine rings is 2. The van der Waals surface area contributed by atoms with Gasteiger partial charge in [-0.1, -0.05) is 11.6 Å². The van der Waals surface area contributed by atoms with Gasteiger partial charge in [-0.2, -0.15) is 0 Å². The number of aliphatic hydroxyl groups is 1. The number of likely N-dealkylation sites (N-methyl/N-ethyl adjacent to an activating group) is 1. The van der Waals surface area contributed by atoms with Crippen LogP contribution in [0.4, 0.5) is 4.39 Å². The minimum atomic E-state index is -0.240. The zero-order valence-electron chi connectivity index (χ0n) is 13.1. The SMILES string of the molecule is CN1CCC[C@]2(CO)CCN(Cc3cc(F)ccc3Cl)C[C@@H]12. The maximum Gasteiger partial charge on any atom is 0.123 e. The molecule has 0 bridgehead atoms. The number of likely N-dealkylation sites (tertiary alicyclic amines) is 2. The van der Waals surface area contributed by atoms with Crippen molar-refractivity contribution in [3.63, 3.8) is 0 Å². The Balaban J connectivity index is 1.74. The number of hydrogen-bond acceptors (Lipinski definition) is 3. The van der Waals surface area contributed by atoms with E-state index in [-0.39, 0.29) is 17.8 Å². The van der Waals surface area contributed by atoms with E-state index in [2.05, 4.69) is 16.8 Å². The molecule has 122 valence electrons. The molecular formula is C17H24ClFN2O. The molecule has 2 aliphatic rings. The van der Waals surface area contributed by atoms with Crippen molar-refractivity contribution in [1.29, 1.82) is 0 Å². The second kappa shape index (κ2) is 6.44. The Morgan fingerprint density at radius 2 is 2.18 bits per heavy atom. The van der Waals surface area contributed by atoms with Gasteiger partial charge in [0, 0.05) is 29.6 Å². The molecule has 0 aliphatic carbocycles. The van der Waals surface area contributed by atoms with E-state index in [4.69, 9.17) is 11.6 Å². The fourth-order valence-corrected chi connectivity index (χ4v) is 4.30. The van der Waals surface area contributed by atoms with Crippen molar-refractivity contribution in [2.24, 2.45) is 5.41 Å². The molecule has 0 unspecified atom stereocenters. The van der Waals surface area contributed by atoms with Gasteiger partial charge >= 0.3 is 0 Å². The lowest BCUT2D eigenvalue weighted by molar-refractivity contribution is -0.0684. The molecule has 0 amide bonds. The van der Waals surface area contributed by atoms with Crippen LogP contribution in [0, 0.1) is 11.2 Å². The fraction of sp³-hybridized carbons (Fsp3) is 0.647. The maximum absolute atomic E-state index is 13.4. The number of aliphatic hydroxyl groups excluding tert-OH is 1. The van der Waals surface area contributed by atoms with Gasteiger partial charge in [-0.25, -0.2) is 4.39 Å². The molecule has 3 nitrogen and oxygen atoms in total. The Bertz CT molecular complexity index is 541. The minimum absolute atomic E-state index is 0.0369. The lowest BCUT2D eigenvalue weighted by Gasteiger charge is -2.53. The first kappa shape index (κ1) is 16.2. The monoisotopic (exact) mass is 326 g/mol. The van der Waals surface area contributed by atoms with Crippen LogP contribution in [0.25, 0.3) is 0 Å². The molecule has 1 aromatic carbocycles. The topological polar surface area (TPSA) is 26.7 Å². The summed E-state index contributed by atoms with van der Waals surface area (Å²) in [5.74, 6) is -0.240. The van der Waals surface area contributed by atoms with Crippen molar-refractivity contribution < 1.29 is 9.50 Å². The highest BCUT2D eigenvalue weighted by atomic mass is 35.5. The van der Waals surface area contributed by atoms with Gasteiger partial charge in [0.25, 0.3) is 0 Å². The maximum atomic E-state index is 13.4. The lowest BCUT2D eigenvalue weighted by Crippen LogP contribution is -2.61. The van der Waals surface area contributed by atoms with Crippen LogP contribution in [-0.4, -0.2) is 54.2 Å². The first-order valence-electron chi connectivity index (χ1n) is 8.01. The predicted molar refractivity (Wildman–Crippen MR) is 86.5 cm³/mol. The molecule has 0 saturated carbocycles. The first-order chi connectivity index (χ1) is 10.5. The van der Waals surface area contributed by atoms with E-state index < -0.39 is 0 Å². The molecular weight excluding hydrogens is 303 g/mol. The van der Waals surface area contributed by atoms with Gasteiger partial charge in [0.2, 0.25) is 0 Å². The van der Waals surface area contributed by atoms with E-state index in [1.54, 1.807) is 6.07 Å². The number of nitrogens with zero attached hydrogens (tertiary/aromatic N) is 2. The van der Waals surface area contributed by atoms with Crippen LogP contribution in [0.5, 0.6) is 0 Å². The van der Waals surface area contributed by atoms with Crippen LogP contribution in [0.1, 0.15) is 24.8 Å². The highest BCUT2D eigenvalue weighted by molar-refractivity contribution is 6.31. The second-order valence-corrected chi connectivity index (χ2v) is 7.25. The minimum Gasteiger partial charge on any atom is -0.396 e. The summed E-state index contributed by atoms with van der Waals surface area (Å²) in [5, 5.41) is 10.6. The zero-order chi connectivity index (χ0) is 15.7. The van der Waals surface area contributed by atoms with Crippen LogP contribution in [0.15, 0.2) is 18.2 Å². The Hall–Kier alpha value is -0.680. The molecule has 2 saturated heterocycles. The van der Waals surface area contributed by atoms with Crippen LogP contribution in [0.3, 0.4) is 0 Å². The third kappa shape index (κ3) is 3.02. The molecule has 2 fully saturated rings. The van der Waals surface area contributed by atoms with Crippen LogP contribution in [-0.2, 0) is 6.54 Å². The van der Waals surface area contributed by atoms with Gasteiger partial charge in [0.1, 0.15) is 5.82 Å². The molecule has 1 aromatic rings. The Morgan fingerprint density at radius 3 is 2.95 bits per heavy atom. The largest absolute Gasteiger partial charge is 0.396 e. The quantitative estimate of drug-likeness (QED) is 0.925. The zero-order valence-corrected chi connectivity index (χ0v) is 13.8. The summed E-state index contributed by atoms with van der Waals surface area (Å²) < 4.78 is 13.4.